The Morgan fingerprint density at radius 1 is 0.985 bits per heavy atom. The normalized spacial score (nSPS) is 32.2. The van der Waals surface area contributed by atoms with Crippen molar-refractivity contribution in [1.82, 2.24) is 36.9 Å². The molecule has 4 aliphatic heterocycles. The number of amidine groups is 1. The summed E-state index contributed by atoms with van der Waals surface area (Å²) < 4.78 is 29.9. The van der Waals surface area contributed by atoms with Gasteiger partial charge in [-0.3, -0.25) is 19.2 Å². The molecule has 378 valence electrons. The summed E-state index contributed by atoms with van der Waals surface area (Å²) in [5, 5.41) is 71.8. The molecule has 0 aromatic rings. The Morgan fingerprint density at radius 2 is 1.73 bits per heavy atom. The first kappa shape index (κ1) is 53.7. The summed E-state index contributed by atoms with van der Waals surface area (Å²) in [5.41, 5.74) is 2.35. The van der Waals surface area contributed by atoms with Gasteiger partial charge in [0.05, 0.1) is 50.1 Å². The smallest absolute Gasteiger partial charge is 0.315 e. The number of thioether (sulfide) groups is 1. The molecule has 16 atom stereocenters. The molecule has 3 saturated heterocycles. The van der Waals surface area contributed by atoms with Crippen molar-refractivity contribution in [2.75, 3.05) is 46.2 Å². The summed E-state index contributed by atoms with van der Waals surface area (Å²) in [6.07, 6.45) is -6.98. The summed E-state index contributed by atoms with van der Waals surface area (Å²) in [6.45, 7) is 0.576. The molecule has 1 saturated carbocycles. The van der Waals surface area contributed by atoms with Crippen LogP contribution < -0.4 is 32.0 Å². The average molecular weight is 974 g/mol. The first-order chi connectivity index (χ1) is 32.1. The Labute approximate surface area is 392 Å². The first-order valence-electron chi connectivity index (χ1n) is 22.6. The van der Waals surface area contributed by atoms with E-state index in [9.17, 15) is 54.3 Å². The molecule has 26 heteroatoms. The zero-order valence-corrected chi connectivity index (χ0v) is 38.9. The minimum absolute atomic E-state index is 0.0499. The fraction of sp³-hybridized carbons (Fsp3) is 0.805. The van der Waals surface area contributed by atoms with Gasteiger partial charge in [-0.25, -0.2) is 15.2 Å². The number of ether oxygens (including phenoxy) is 5. The lowest BCUT2D eigenvalue weighted by atomic mass is 9.96. The van der Waals surface area contributed by atoms with Crippen LogP contribution in [-0.4, -0.2) is 216 Å². The van der Waals surface area contributed by atoms with E-state index < -0.39 is 117 Å². The number of hydrogen-bond donors (Lipinski definition) is 11. The minimum Gasteiger partial charge on any atom is -0.459 e. The number of urea groups is 1. The Kier molecular flexibility index (Phi) is 20.8. The molecule has 0 aromatic carbocycles. The Balaban J connectivity index is 1.13. The van der Waals surface area contributed by atoms with E-state index in [0.717, 1.165) is 45.1 Å². The molecule has 11 N–H and O–H groups in total. The highest BCUT2D eigenvalue weighted by atomic mass is 32.2. The van der Waals surface area contributed by atoms with Crippen LogP contribution in [-0.2, 0) is 47.7 Å². The first-order valence-corrected chi connectivity index (χ1v) is 23.6. The van der Waals surface area contributed by atoms with Crippen molar-refractivity contribution in [3.05, 3.63) is 0 Å². The van der Waals surface area contributed by atoms with Crippen LogP contribution >= 0.6 is 11.8 Å². The lowest BCUT2D eigenvalue weighted by Crippen LogP contribution is -2.67. The van der Waals surface area contributed by atoms with Gasteiger partial charge in [0.25, 0.3) is 6.02 Å². The molecular formula is C41H67N9O16S. The standard InChI is InChI=1S/C41H67N9O16S/c1-20(55)44-24(14-43-49-29(58)12-6-5-9-13-42-28(57)11-8-7-10-27-30-25(19-67-27)46-40(61)47-30)38(62-22(15-51)16-52)65-37-26(18-54)63-39(32(34(37)60)45-21(2)56)64-36-23(17-53)35-31(33(36)59)48-41(66-35)50(3)4/h14-15,22-27,30-39,52-54,59-60H,5-13,16-19H2,1-4H3,(H,42,57)(H,44,55)(H,45,56)(H,49,58)(H2,46,47,61)/b43-14+/t22?,23?,24?,25-,26?,27?,30-,31?,32?,33?,34?,35?,36?,37?,38?,39?/m1/s1. The van der Waals surface area contributed by atoms with Crippen LogP contribution in [0.25, 0.3) is 0 Å². The molecule has 6 amide bonds. The molecule has 4 heterocycles. The van der Waals surface area contributed by atoms with E-state index in [-0.39, 0.29) is 42.8 Å². The third-order valence-corrected chi connectivity index (χ3v) is 13.5. The van der Waals surface area contributed by atoms with Gasteiger partial charge >= 0.3 is 6.03 Å². The molecule has 4 fully saturated rings. The second-order valence-corrected chi connectivity index (χ2v) is 18.6. The highest BCUT2D eigenvalue weighted by Gasteiger charge is 2.58. The van der Waals surface area contributed by atoms with Gasteiger partial charge in [-0.1, -0.05) is 12.8 Å². The average Bonchev–Trinajstić information content (AvgIpc) is 4.05. The molecular weight excluding hydrogens is 907 g/mol. The maximum absolute atomic E-state index is 12.7. The maximum atomic E-state index is 12.7. The lowest BCUT2D eigenvalue weighted by molar-refractivity contribution is -0.320. The van der Waals surface area contributed by atoms with Crippen molar-refractivity contribution in [2.45, 2.75) is 156 Å². The Morgan fingerprint density at radius 3 is 2.40 bits per heavy atom. The van der Waals surface area contributed by atoms with Crippen molar-refractivity contribution < 1.29 is 78.0 Å². The van der Waals surface area contributed by atoms with E-state index in [1.807, 2.05) is 11.8 Å². The second kappa shape index (κ2) is 25.9. The minimum atomic E-state index is -1.78. The van der Waals surface area contributed by atoms with Crippen LogP contribution in [0.15, 0.2) is 10.1 Å². The molecule has 0 aromatic heterocycles. The second-order valence-electron chi connectivity index (χ2n) is 17.3. The zero-order chi connectivity index (χ0) is 48.8. The van der Waals surface area contributed by atoms with Crippen molar-refractivity contribution in [2.24, 2.45) is 16.0 Å². The molecule has 5 rings (SSSR count). The number of carbonyl (C=O) groups is 6. The fourth-order valence-electron chi connectivity index (χ4n) is 8.65. The molecule has 14 unspecified atom stereocenters. The molecule has 1 aliphatic carbocycles. The van der Waals surface area contributed by atoms with Gasteiger partial charge < -0.3 is 85.5 Å². The number of amides is 6. The van der Waals surface area contributed by atoms with Crippen LogP contribution in [0.1, 0.15) is 65.2 Å². The number of aldehydes is 1. The summed E-state index contributed by atoms with van der Waals surface area (Å²) in [7, 11) is 3.39. The number of hydrogen-bond acceptors (Lipinski definition) is 20. The van der Waals surface area contributed by atoms with Crippen molar-refractivity contribution in [1.29, 1.82) is 0 Å². The van der Waals surface area contributed by atoms with E-state index in [4.69, 9.17) is 23.7 Å². The van der Waals surface area contributed by atoms with Crippen LogP contribution in [0.4, 0.5) is 4.79 Å². The number of aliphatic imine (C=N–C) groups is 1. The molecule has 0 spiro atoms. The Bertz CT molecular complexity index is 1750. The molecule has 5 aliphatic rings. The number of carbonyl (C=O) groups excluding carboxylic acids is 6. The van der Waals surface area contributed by atoms with Gasteiger partial charge in [0.15, 0.2) is 18.9 Å². The lowest BCUT2D eigenvalue weighted by Gasteiger charge is -2.46. The topological polar surface area (TPSA) is 350 Å². The van der Waals surface area contributed by atoms with E-state index in [2.05, 4.69) is 42.1 Å². The summed E-state index contributed by atoms with van der Waals surface area (Å²) >= 11 is 1.84. The number of rotatable bonds is 26. The van der Waals surface area contributed by atoms with Crippen molar-refractivity contribution in [3.63, 3.8) is 0 Å². The van der Waals surface area contributed by atoms with Gasteiger partial charge in [0.2, 0.25) is 23.6 Å². The Hall–Kier alpha value is -4.25. The molecule has 0 bridgehead atoms. The summed E-state index contributed by atoms with van der Waals surface area (Å²) in [6, 6.07) is -3.26. The van der Waals surface area contributed by atoms with Gasteiger partial charge in [-0.2, -0.15) is 16.9 Å². The van der Waals surface area contributed by atoms with Crippen molar-refractivity contribution in [3.8, 4) is 0 Å². The molecule has 0 radical (unpaired) electrons. The van der Waals surface area contributed by atoms with E-state index in [1.54, 1.807) is 19.0 Å². The monoisotopic (exact) mass is 973 g/mol. The predicted octanol–water partition coefficient (Wildman–Crippen LogP) is -4.08. The number of fused-ring (bicyclic) bond motifs is 2. The van der Waals surface area contributed by atoms with E-state index in [1.165, 1.54) is 0 Å². The number of nitrogens with one attached hydrogen (secondary N) is 6. The van der Waals surface area contributed by atoms with Crippen LogP contribution in [0.5, 0.6) is 0 Å². The zero-order valence-electron chi connectivity index (χ0n) is 38.1. The highest BCUT2D eigenvalue weighted by molar-refractivity contribution is 8.00. The van der Waals surface area contributed by atoms with E-state index >= 15 is 0 Å². The SMILES string of the molecule is CC(=O)NC(/C=N/NC(=O)CCCCCNC(=O)CCCCC1SC[C@H]2NC(=O)N[C@@H]12)C(OC(C=O)CO)OC1C(CO)OC(OC2C(O)C3N=C(N(C)C)OC3C2CO)C(NC(C)=O)C1O. The van der Waals surface area contributed by atoms with Gasteiger partial charge in [-0.15, -0.1) is 0 Å². The van der Waals surface area contributed by atoms with Gasteiger partial charge in [-0.05, 0) is 25.7 Å². The molecule has 25 nitrogen and oxygen atoms in total. The highest BCUT2D eigenvalue weighted by Crippen LogP contribution is 2.40. The van der Waals surface area contributed by atoms with E-state index in [0.29, 0.717) is 37.5 Å². The van der Waals surface area contributed by atoms with Crippen molar-refractivity contribution >= 4 is 59.9 Å². The number of nitrogens with zero attached hydrogens (tertiary/aromatic N) is 3. The third kappa shape index (κ3) is 14.6. The predicted molar refractivity (Wildman–Crippen MR) is 237 cm³/mol. The largest absolute Gasteiger partial charge is 0.459 e. The fourth-order valence-corrected chi connectivity index (χ4v) is 10.2. The van der Waals surface area contributed by atoms with Crippen LogP contribution in [0.3, 0.4) is 0 Å². The number of hydrazone groups is 1. The number of unbranched alkanes of at least 4 members (excludes halogenated alkanes) is 3. The summed E-state index contributed by atoms with van der Waals surface area (Å²) in [5.74, 6) is -1.78. The van der Waals surface area contributed by atoms with Gasteiger partial charge in [0, 0.05) is 58.3 Å². The number of aliphatic hydroxyl groups excluding tert-OH is 5. The van der Waals surface area contributed by atoms with Gasteiger partial charge in [0.1, 0.15) is 54.7 Å². The van der Waals surface area contributed by atoms with Crippen LogP contribution in [0, 0.1) is 5.92 Å². The van der Waals surface area contributed by atoms with Crippen LogP contribution in [0.2, 0.25) is 0 Å². The summed E-state index contributed by atoms with van der Waals surface area (Å²) in [4.78, 5) is 79.3. The third-order valence-electron chi connectivity index (χ3n) is 12.0. The quantitative estimate of drug-likeness (QED) is 0.00981. The number of aliphatic hydroxyl groups is 5. The molecule has 67 heavy (non-hydrogen) atoms. The maximum Gasteiger partial charge on any atom is 0.315 e.